The fourth-order valence-corrected chi connectivity index (χ4v) is 4.10. The van der Waals surface area contributed by atoms with E-state index in [9.17, 15) is 18.0 Å². The number of carbonyl (C=O) groups excluding carboxylic acids is 2. The zero-order valence-electron chi connectivity index (χ0n) is 15.3. The van der Waals surface area contributed by atoms with Crippen molar-refractivity contribution < 1.29 is 18.0 Å². The summed E-state index contributed by atoms with van der Waals surface area (Å²) in [5.41, 5.74) is 1.19. The molecule has 1 atom stereocenters. The lowest BCUT2D eigenvalue weighted by molar-refractivity contribution is -0.117. The largest absolute Gasteiger partial charge is 0.324 e. The van der Waals surface area contributed by atoms with E-state index in [2.05, 4.69) is 5.32 Å². The van der Waals surface area contributed by atoms with Gasteiger partial charge in [0, 0.05) is 16.3 Å². The van der Waals surface area contributed by atoms with E-state index in [0.717, 1.165) is 10.6 Å². The summed E-state index contributed by atoms with van der Waals surface area (Å²) in [6.45, 7) is 3.15. The zero-order chi connectivity index (χ0) is 20.2. The molecule has 6 nitrogen and oxygen atoms in total. The normalized spacial score (nSPS) is 12.3. The summed E-state index contributed by atoms with van der Waals surface area (Å²) in [4.78, 5) is 24.4. The van der Waals surface area contributed by atoms with Crippen molar-refractivity contribution in [3.8, 4) is 0 Å². The van der Waals surface area contributed by atoms with Gasteiger partial charge in [-0.1, -0.05) is 36.7 Å². The van der Waals surface area contributed by atoms with Crippen molar-refractivity contribution in [3.63, 3.8) is 0 Å². The first-order valence-corrected chi connectivity index (χ1v) is 10.5. The molecule has 2 rings (SSSR count). The third-order valence-corrected chi connectivity index (χ3v) is 5.34. The van der Waals surface area contributed by atoms with Gasteiger partial charge in [0.2, 0.25) is 15.9 Å². The molecule has 8 heteroatoms. The minimum Gasteiger partial charge on any atom is -0.324 e. The molecule has 0 radical (unpaired) electrons. The number of sulfonamides is 1. The van der Waals surface area contributed by atoms with Crippen LogP contribution in [0, 0.1) is 0 Å². The Morgan fingerprint density at radius 2 is 1.81 bits per heavy atom. The SMILES string of the molecule is CC[C@@H](C(=O)Nc1cccc(C(C)=O)c1)N(c1cccc(Cl)c1)S(C)(=O)=O. The van der Waals surface area contributed by atoms with Crippen LogP contribution in [0.1, 0.15) is 30.6 Å². The van der Waals surface area contributed by atoms with Crippen LogP contribution in [-0.4, -0.2) is 32.4 Å². The molecule has 1 N–H and O–H groups in total. The fourth-order valence-electron chi connectivity index (χ4n) is 2.71. The Hall–Kier alpha value is -2.38. The fraction of sp³-hybridized carbons (Fsp3) is 0.263. The number of ketones is 1. The maximum atomic E-state index is 12.8. The van der Waals surface area contributed by atoms with Crippen molar-refractivity contribution in [2.45, 2.75) is 26.3 Å². The Balaban J connectivity index is 2.38. The van der Waals surface area contributed by atoms with Gasteiger partial charge in [-0.15, -0.1) is 0 Å². The van der Waals surface area contributed by atoms with Gasteiger partial charge in [-0.3, -0.25) is 13.9 Å². The Labute approximate surface area is 164 Å². The molecule has 144 valence electrons. The predicted octanol–water partition coefficient (Wildman–Crippen LogP) is 3.73. The van der Waals surface area contributed by atoms with Gasteiger partial charge in [0.25, 0.3) is 0 Å². The molecule has 0 unspecified atom stereocenters. The van der Waals surface area contributed by atoms with Gasteiger partial charge in [0.15, 0.2) is 5.78 Å². The second-order valence-electron chi connectivity index (χ2n) is 6.09. The number of hydrogen-bond acceptors (Lipinski definition) is 4. The molecule has 0 aliphatic carbocycles. The quantitative estimate of drug-likeness (QED) is 0.707. The number of amides is 1. The third kappa shape index (κ3) is 5.30. The molecule has 0 heterocycles. The standard InChI is InChI=1S/C19H21ClN2O4S/c1-4-18(19(24)21-16-9-5-7-14(11-16)13(2)23)22(27(3,25)26)17-10-6-8-15(20)12-17/h5-12,18H,4H2,1-3H3,(H,21,24)/t18-/m0/s1. The molecule has 0 saturated heterocycles. The molecular weight excluding hydrogens is 388 g/mol. The van der Waals surface area contributed by atoms with Gasteiger partial charge in [0.05, 0.1) is 11.9 Å². The van der Waals surface area contributed by atoms with Gasteiger partial charge in [0.1, 0.15) is 6.04 Å². The Morgan fingerprint density at radius 1 is 1.15 bits per heavy atom. The van der Waals surface area contributed by atoms with E-state index in [-0.39, 0.29) is 12.2 Å². The van der Waals surface area contributed by atoms with E-state index in [4.69, 9.17) is 11.6 Å². The highest BCUT2D eigenvalue weighted by atomic mass is 35.5. The van der Waals surface area contributed by atoms with E-state index < -0.39 is 22.0 Å². The van der Waals surface area contributed by atoms with Gasteiger partial charge < -0.3 is 5.32 Å². The van der Waals surface area contributed by atoms with Gasteiger partial charge >= 0.3 is 0 Å². The van der Waals surface area contributed by atoms with E-state index >= 15 is 0 Å². The molecule has 2 aromatic carbocycles. The number of benzene rings is 2. The molecular formula is C19H21ClN2O4S. The highest BCUT2D eigenvalue weighted by Gasteiger charge is 2.31. The highest BCUT2D eigenvalue weighted by Crippen LogP contribution is 2.26. The second kappa shape index (κ2) is 8.54. The van der Waals surface area contributed by atoms with Crippen LogP contribution < -0.4 is 9.62 Å². The maximum Gasteiger partial charge on any atom is 0.248 e. The van der Waals surface area contributed by atoms with Crippen molar-refractivity contribution in [1.29, 1.82) is 0 Å². The molecule has 0 spiro atoms. The first kappa shape index (κ1) is 20.9. The summed E-state index contributed by atoms with van der Waals surface area (Å²) in [6.07, 6.45) is 1.29. The number of anilines is 2. The summed E-state index contributed by atoms with van der Waals surface area (Å²) in [7, 11) is -3.75. The Morgan fingerprint density at radius 3 is 2.37 bits per heavy atom. The molecule has 1 amide bonds. The van der Waals surface area contributed by atoms with Crippen LogP contribution in [-0.2, 0) is 14.8 Å². The van der Waals surface area contributed by atoms with Crippen LogP contribution in [0.3, 0.4) is 0 Å². The number of halogens is 1. The molecule has 0 aromatic heterocycles. The van der Waals surface area contributed by atoms with Crippen LogP contribution in [0.2, 0.25) is 5.02 Å². The number of hydrogen-bond donors (Lipinski definition) is 1. The number of carbonyl (C=O) groups is 2. The average molecular weight is 409 g/mol. The van der Waals surface area contributed by atoms with E-state index in [1.54, 1.807) is 49.4 Å². The number of nitrogens with one attached hydrogen (secondary N) is 1. The second-order valence-corrected chi connectivity index (χ2v) is 8.38. The topological polar surface area (TPSA) is 83.6 Å². The summed E-state index contributed by atoms with van der Waals surface area (Å²) in [5, 5.41) is 3.06. The highest BCUT2D eigenvalue weighted by molar-refractivity contribution is 7.92. The molecule has 27 heavy (non-hydrogen) atoms. The van der Waals surface area contributed by atoms with E-state index in [1.807, 2.05) is 0 Å². The van der Waals surface area contributed by atoms with E-state index in [1.165, 1.54) is 13.0 Å². The van der Waals surface area contributed by atoms with Gasteiger partial charge in [-0.05, 0) is 43.7 Å². The van der Waals surface area contributed by atoms with Crippen LogP contribution >= 0.6 is 11.6 Å². The molecule has 0 aliphatic heterocycles. The van der Waals surface area contributed by atoms with Gasteiger partial charge in [-0.25, -0.2) is 8.42 Å². The lowest BCUT2D eigenvalue weighted by atomic mass is 10.1. The molecule has 0 saturated carbocycles. The minimum absolute atomic E-state index is 0.130. The molecule has 0 bridgehead atoms. The van der Waals surface area contributed by atoms with Gasteiger partial charge in [-0.2, -0.15) is 0 Å². The van der Waals surface area contributed by atoms with Crippen LogP contribution in [0.5, 0.6) is 0 Å². The predicted molar refractivity (Wildman–Crippen MR) is 108 cm³/mol. The third-order valence-electron chi connectivity index (χ3n) is 3.93. The summed E-state index contributed by atoms with van der Waals surface area (Å²) >= 11 is 5.99. The van der Waals surface area contributed by atoms with Crippen LogP contribution in [0.25, 0.3) is 0 Å². The van der Waals surface area contributed by atoms with Crippen molar-refractivity contribution in [2.75, 3.05) is 15.9 Å². The molecule has 0 aliphatic rings. The Kier molecular flexibility index (Phi) is 6.62. The van der Waals surface area contributed by atoms with Crippen LogP contribution in [0.4, 0.5) is 11.4 Å². The Bertz CT molecular complexity index is 960. The first-order chi connectivity index (χ1) is 12.6. The lowest BCUT2D eigenvalue weighted by Gasteiger charge is -2.30. The first-order valence-electron chi connectivity index (χ1n) is 8.30. The average Bonchev–Trinajstić information content (AvgIpc) is 2.58. The summed E-state index contributed by atoms with van der Waals surface area (Å²) in [5.74, 6) is -0.626. The molecule has 2 aromatic rings. The lowest BCUT2D eigenvalue weighted by Crippen LogP contribution is -2.47. The summed E-state index contributed by atoms with van der Waals surface area (Å²) in [6, 6.07) is 11.8. The van der Waals surface area contributed by atoms with Crippen molar-refractivity contribution in [3.05, 3.63) is 59.1 Å². The zero-order valence-corrected chi connectivity index (χ0v) is 16.8. The maximum absolute atomic E-state index is 12.8. The molecule has 0 fully saturated rings. The smallest absolute Gasteiger partial charge is 0.248 e. The van der Waals surface area contributed by atoms with Crippen molar-refractivity contribution in [1.82, 2.24) is 0 Å². The summed E-state index contributed by atoms with van der Waals surface area (Å²) < 4.78 is 25.9. The number of rotatable bonds is 7. The van der Waals surface area contributed by atoms with E-state index in [0.29, 0.717) is 22.0 Å². The van der Waals surface area contributed by atoms with Crippen molar-refractivity contribution >= 4 is 44.7 Å². The number of Topliss-reactive ketones (excluding diaryl/α,β-unsaturated/α-hetero) is 1. The minimum atomic E-state index is -3.75. The van der Waals surface area contributed by atoms with Crippen LogP contribution in [0.15, 0.2) is 48.5 Å². The van der Waals surface area contributed by atoms with Crippen molar-refractivity contribution in [2.24, 2.45) is 0 Å². The monoisotopic (exact) mass is 408 g/mol. The number of nitrogens with zero attached hydrogens (tertiary/aromatic N) is 1.